The van der Waals surface area contributed by atoms with Gasteiger partial charge in [-0.1, -0.05) is 42.5 Å². The molecule has 6 nitrogen and oxygen atoms in total. The van der Waals surface area contributed by atoms with Gasteiger partial charge in [-0.2, -0.15) is 0 Å². The molecule has 1 fully saturated rings. The summed E-state index contributed by atoms with van der Waals surface area (Å²) in [7, 11) is 0. The van der Waals surface area contributed by atoms with Crippen LogP contribution in [0.15, 0.2) is 102 Å². The van der Waals surface area contributed by atoms with Crippen LogP contribution in [0, 0.1) is 0 Å². The molecule has 1 saturated heterocycles. The van der Waals surface area contributed by atoms with E-state index in [1.807, 2.05) is 78.9 Å². The van der Waals surface area contributed by atoms with Crippen LogP contribution in [0.25, 0.3) is 0 Å². The molecule has 1 aliphatic heterocycles. The van der Waals surface area contributed by atoms with Crippen LogP contribution in [0.1, 0.15) is 32.6 Å². The van der Waals surface area contributed by atoms with E-state index in [0.29, 0.717) is 30.2 Å². The minimum Gasteiger partial charge on any atom is -0.489 e. The molecule has 35 heavy (non-hydrogen) atoms. The monoisotopic (exact) mass is 484 g/mol. The summed E-state index contributed by atoms with van der Waals surface area (Å²) in [5, 5.41) is 2.81. The van der Waals surface area contributed by atoms with E-state index in [2.05, 4.69) is 5.32 Å². The molecule has 1 aromatic heterocycles. The summed E-state index contributed by atoms with van der Waals surface area (Å²) in [5.74, 6) is 1.79. The highest BCUT2D eigenvalue weighted by Crippen LogP contribution is 2.39. The van der Waals surface area contributed by atoms with E-state index in [1.54, 1.807) is 35.1 Å². The van der Waals surface area contributed by atoms with Crippen molar-refractivity contribution in [2.45, 2.75) is 18.5 Å². The maximum Gasteiger partial charge on any atom is 0.255 e. The van der Waals surface area contributed by atoms with E-state index >= 15 is 0 Å². The van der Waals surface area contributed by atoms with Crippen molar-refractivity contribution in [2.24, 2.45) is 0 Å². The number of rotatable bonds is 8. The largest absolute Gasteiger partial charge is 0.489 e. The SMILES string of the molecule is O=C(Nc1ccc(OCc2ccccc2)cc1)c1ccc([C@H]2SCC(=O)N2Cc2ccco2)cc1. The van der Waals surface area contributed by atoms with Gasteiger partial charge in [0.25, 0.3) is 5.91 Å². The van der Waals surface area contributed by atoms with E-state index in [0.717, 1.165) is 22.6 Å². The summed E-state index contributed by atoms with van der Waals surface area (Å²) < 4.78 is 11.2. The molecule has 0 unspecified atom stereocenters. The van der Waals surface area contributed by atoms with Gasteiger partial charge in [-0.3, -0.25) is 9.59 Å². The Labute approximate surface area is 207 Å². The molecule has 7 heteroatoms. The predicted octanol–water partition coefficient (Wildman–Crippen LogP) is 5.89. The Morgan fingerprint density at radius 1 is 0.971 bits per heavy atom. The van der Waals surface area contributed by atoms with E-state index in [-0.39, 0.29) is 17.2 Å². The van der Waals surface area contributed by atoms with Crippen molar-refractivity contribution in [3.8, 4) is 5.75 Å². The van der Waals surface area contributed by atoms with Gasteiger partial charge in [-0.15, -0.1) is 11.8 Å². The maximum absolute atomic E-state index is 12.7. The Kier molecular flexibility index (Phi) is 6.86. The number of benzene rings is 3. The number of nitrogens with one attached hydrogen (secondary N) is 1. The van der Waals surface area contributed by atoms with Crippen LogP contribution >= 0.6 is 11.8 Å². The Balaban J connectivity index is 1.18. The Morgan fingerprint density at radius 2 is 1.74 bits per heavy atom. The maximum atomic E-state index is 12.7. The molecule has 0 aliphatic carbocycles. The molecule has 1 N–H and O–H groups in total. The Bertz CT molecular complexity index is 1270. The first-order chi connectivity index (χ1) is 17.2. The fraction of sp³-hybridized carbons (Fsp3) is 0.143. The average Bonchev–Trinajstić information content (AvgIpc) is 3.54. The molecule has 3 aromatic carbocycles. The fourth-order valence-electron chi connectivity index (χ4n) is 3.85. The zero-order chi connectivity index (χ0) is 24.0. The molecule has 176 valence electrons. The van der Waals surface area contributed by atoms with Crippen molar-refractivity contribution in [1.82, 2.24) is 4.90 Å². The first-order valence-electron chi connectivity index (χ1n) is 11.3. The molecule has 1 atom stereocenters. The topological polar surface area (TPSA) is 71.8 Å². The number of anilines is 1. The highest BCUT2D eigenvalue weighted by Gasteiger charge is 2.33. The molecule has 0 spiro atoms. The average molecular weight is 485 g/mol. The number of furan rings is 1. The van der Waals surface area contributed by atoms with Crippen LogP contribution < -0.4 is 10.1 Å². The van der Waals surface area contributed by atoms with E-state index in [9.17, 15) is 9.59 Å². The first kappa shape index (κ1) is 22.8. The molecular weight excluding hydrogens is 460 g/mol. The fourth-order valence-corrected chi connectivity index (χ4v) is 5.04. The summed E-state index contributed by atoms with van der Waals surface area (Å²) in [6.07, 6.45) is 1.61. The number of amides is 2. The smallest absolute Gasteiger partial charge is 0.255 e. The Hall–Kier alpha value is -3.97. The number of nitrogens with zero attached hydrogens (tertiary/aromatic N) is 1. The van der Waals surface area contributed by atoms with Crippen LogP contribution in [0.5, 0.6) is 5.75 Å². The third-order valence-electron chi connectivity index (χ3n) is 5.69. The second-order valence-corrected chi connectivity index (χ2v) is 9.21. The molecule has 0 saturated carbocycles. The summed E-state index contributed by atoms with van der Waals surface area (Å²) in [6.45, 7) is 0.916. The lowest BCUT2D eigenvalue weighted by atomic mass is 10.1. The summed E-state index contributed by atoms with van der Waals surface area (Å²) in [5.41, 5.74) is 3.31. The van der Waals surface area contributed by atoms with Gasteiger partial charge in [-0.05, 0) is 59.7 Å². The van der Waals surface area contributed by atoms with Crippen molar-refractivity contribution in [3.05, 3.63) is 120 Å². The third-order valence-corrected chi connectivity index (χ3v) is 6.95. The Morgan fingerprint density at radius 3 is 2.46 bits per heavy atom. The van der Waals surface area contributed by atoms with Gasteiger partial charge in [0, 0.05) is 11.3 Å². The zero-order valence-corrected chi connectivity index (χ0v) is 19.7. The number of carbonyl (C=O) groups is 2. The van der Waals surface area contributed by atoms with Crippen LogP contribution in [-0.4, -0.2) is 22.5 Å². The molecule has 0 radical (unpaired) electrons. The minimum atomic E-state index is -0.197. The van der Waals surface area contributed by atoms with Crippen LogP contribution in [0.3, 0.4) is 0 Å². The van der Waals surface area contributed by atoms with Gasteiger partial charge in [0.05, 0.1) is 18.6 Å². The number of hydrogen-bond donors (Lipinski definition) is 1. The molecule has 2 heterocycles. The second kappa shape index (κ2) is 10.5. The lowest BCUT2D eigenvalue weighted by molar-refractivity contribution is -0.128. The van der Waals surface area contributed by atoms with E-state index in [1.165, 1.54) is 0 Å². The molecular formula is C28H24N2O4S. The summed E-state index contributed by atoms with van der Waals surface area (Å²) >= 11 is 1.58. The lowest BCUT2D eigenvalue weighted by Crippen LogP contribution is -2.27. The van der Waals surface area contributed by atoms with Gasteiger partial charge in [0.1, 0.15) is 23.5 Å². The molecule has 4 aromatic rings. The van der Waals surface area contributed by atoms with Crippen LogP contribution in [-0.2, 0) is 17.9 Å². The van der Waals surface area contributed by atoms with Crippen molar-refractivity contribution >= 4 is 29.3 Å². The highest BCUT2D eigenvalue weighted by molar-refractivity contribution is 8.00. The van der Waals surface area contributed by atoms with Gasteiger partial charge in [0.15, 0.2) is 0 Å². The van der Waals surface area contributed by atoms with Gasteiger partial charge >= 0.3 is 0 Å². The van der Waals surface area contributed by atoms with E-state index < -0.39 is 0 Å². The van der Waals surface area contributed by atoms with Crippen molar-refractivity contribution in [3.63, 3.8) is 0 Å². The minimum absolute atomic E-state index is 0.0782. The lowest BCUT2D eigenvalue weighted by Gasteiger charge is -2.23. The third kappa shape index (κ3) is 5.58. The van der Waals surface area contributed by atoms with Crippen molar-refractivity contribution in [1.29, 1.82) is 0 Å². The van der Waals surface area contributed by atoms with E-state index in [4.69, 9.17) is 9.15 Å². The number of carbonyl (C=O) groups excluding carboxylic acids is 2. The number of thioether (sulfide) groups is 1. The van der Waals surface area contributed by atoms with Gasteiger partial charge < -0.3 is 19.4 Å². The normalized spacial score (nSPS) is 15.3. The second-order valence-electron chi connectivity index (χ2n) is 8.14. The van der Waals surface area contributed by atoms with Crippen LogP contribution in [0.2, 0.25) is 0 Å². The number of hydrogen-bond acceptors (Lipinski definition) is 5. The highest BCUT2D eigenvalue weighted by atomic mass is 32.2. The number of ether oxygens (including phenoxy) is 1. The van der Waals surface area contributed by atoms with Gasteiger partial charge in [-0.25, -0.2) is 0 Å². The standard InChI is InChI=1S/C28H24N2O4S/c31-26-19-35-28(30(26)17-25-7-4-16-33-25)22-10-8-21(9-11-22)27(32)29-23-12-14-24(15-13-23)34-18-20-5-2-1-3-6-20/h1-16,28H,17-19H2,(H,29,32)/t28-/m1/s1. The first-order valence-corrected chi connectivity index (χ1v) is 12.3. The van der Waals surface area contributed by atoms with Crippen LogP contribution in [0.4, 0.5) is 5.69 Å². The molecule has 1 aliphatic rings. The molecule has 5 rings (SSSR count). The van der Waals surface area contributed by atoms with Gasteiger partial charge in [0.2, 0.25) is 5.91 Å². The quantitative estimate of drug-likeness (QED) is 0.338. The molecule has 2 amide bonds. The summed E-state index contributed by atoms with van der Waals surface area (Å²) in [6, 6.07) is 28.3. The van der Waals surface area contributed by atoms with Crippen molar-refractivity contribution in [2.75, 3.05) is 11.1 Å². The predicted molar refractivity (Wildman–Crippen MR) is 136 cm³/mol. The zero-order valence-electron chi connectivity index (χ0n) is 18.9. The molecule has 0 bridgehead atoms. The van der Waals surface area contributed by atoms with Crippen molar-refractivity contribution < 1.29 is 18.7 Å². The summed E-state index contributed by atoms with van der Waals surface area (Å²) in [4.78, 5) is 26.9.